The first kappa shape index (κ1) is 69.6. The van der Waals surface area contributed by atoms with E-state index in [0.717, 1.165) is 98.1 Å². The molecule has 0 amide bonds. The van der Waals surface area contributed by atoms with E-state index in [2.05, 4.69) is 20.1 Å². The van der Waals surface area contributed by atoms with Crippen molar-refractivity contribution in [3.63, 3.8) is 0 Å². The summed E-state index contributed by atoms with van der Waals surface area (Å²) in [6.07, 6.45) is 26.4. The molecule has 0 aliphatic heterocycles. The van der Waals surface area contributed by atoms with Gasteiger partial charge >= 0.3 is 35.8 Å². The Balaban J connectivity index is 0.930. The van der Waals surface area contributed by atoms with Gasteiger partial charge in [-0.15, -0.1) is 0 Å². The van der Waals surface area contributed by atoms with Crippen molar-refractivity contribution in [3.8, 4) is 34.5 Å². The number of carbonyl (C=O) groups excluding carboxylic acids is 6. The molecule has 2 aliphatic carbocycles. The van der Waals surface area contributed by atoms with Gasteiger partial charge in [-0.05, 0) is 188 Å². The van der Waals surface area contributed by atoms with Gasteiger partial charge < -0.3 is 37.9 Å². The van der Waals surface area contributed by atoms with Crippen LogP contribution in [0.25, 0.3) is 10.2 Å². The van der Waals surface area contributed by atoms with Crippen molar-refractivity contribution in [3.05, 3.63) is 122 Å². The predicted octanol–water partition coefficient (Wildman–Crippen LogP) is 16.0. The molecule has 7 rings (SSSR count). The highest BCUT2D eigenvalue weighted by Gasteiger charge is 2.34. The lowest BCUT2D eigenvalue weighted by Gasteiger charge is -2.26. The van der Waals surface area contributed by atoms with Crippen molar-refractivity contribution in [1.82, 2.24) is 4.98 Å². The van der Waals surface area contributed by atoms with Crippen LogP contribution in [0.2, 0.25) is 0 Å². The molecule has 0 saturated heterocycles. The highest BCUT2D eigenvalue weighted by Crippen LogP contribution is 2.36. The molecule has 1 heterocycles. The number of benzene rings is 4. The molecule has 0 spiro atoms. The Hall–Kier alpha value is -7.86. The van der Waals surface area contributed by atoms with Gasteiger partial charge in [0.15, 0.2) is 0 Å². The molecule has 17 nitrogen and oxygen atoms in total. The Morgan fingerprint density at radius 1 is 0.489 bits per heavy atom. The zero-order chi connectivity index (χ0) is 63.6. The van der Waals surface area contributed by atoms with E-state index in [-0.39, 0.29) is 35.3 Å². The molecule has 5 aromatic rings. The van der Waals surface area contributed by atoms with Crippen LogP contribution in [-0.4, -0.2) is 80.0 Å². The molecule has 4 aromatic carbocycles. The van der Waals surface area contributed by atoms with Crippen molar-refractivity contribution in [2.24, 2.45) is 28.8 Å². The summed E-state index contributed by atoms with van der Waals surface area (Å²) in [4.78, 5) is 82.0. The summed E-state index contributed by atoms with van der Waals surface area (Å²) in [7, 11) is 0. The SMILES string of the molecule is C=CC(=O)OCCCCCCOc1ccc(OC(=O)[C@H]2CC[C@H](C(=O)Oc3ccc(OC(=O)[C@H]4CC[C@H](C(=O)Oc5ccc(OCCCCCCOC(=O)C=C)cc5)CC4)c(/C=N/N(CCCCCCCCCCCC)c4nc5ccccc5s4)c3)CC2)cc1. The lowest BCUT2D eigenvalue weighted by molar-refractivity contribution is -0.145. The minimum absolute atomic E-state index is 0.250. The van der Waals surface area contributed by atoms with Gasteiger partial charge in [0.25, 0.3) is 0 Å². The summed E-state index contributed by atoms with van der Waals surface area (Å²) in [5.74, 6) is -1.37. The number of carbonyl (C=O) groups is 6. The van der Waals surface area contributed by atoms with Crippen LogP contribution in [0.5, 0.6) is 34.5 Å². The molecule has 484 valence electrons. The Morgan fingerprint density at radius 2 is 0.889 bits per heavy atom. The number of nitrogens with zero attached hydrogens (tertiary/aromatic N) is 3. The highest BCUT2D eigenvalue weighted by atomic mass is 32.1. The smallest absolute Gasteiger partial charge is 0.330 e. The van der Waals surface area contributed by atoms with E-state index < -0.39 is 35.7 Å². The van der Waals surface area contributed by atoms with E-state index in [9.17, 15) is 28.8 Å². The van der Waals surface area contributed by atoms with Crippen LogP contribution < -0.4 is 33.4 Å². The second kappa shape index (κ2) is 39.3. The second-order valence-corrected chi connectivity index (χ2v) is 24.2. The summed E-state index contributed by atoms with van der Waals surface area (Å²) in [6, 6.07) is 26.8. The maximum atomic E-state index is 14.1. The van der Waals surface area contributed by atoms with Crippen LogP contribution in [0.4, 0.5) is 5.13 Å². The quantitative estimate of drug-likeness (QED) is 0.00893. The van der Waals surface area contributed by atoms with E-state index in [1.54, 1.807) is 84.3 Å². The largest absolute Gasteiger partial charge is 0.494 e. The fourth-order valence-corrected chi connectivity index (χ4v) is 11.9. The maximum Gasteiger partial charge on any atom is 0.330 e. The molecule has 0 unspecified atom stereocenters. The Morgan fingerprint density at radius 3 is 1.36 bits per heavy atom. The molecular formula is C72H91N3O14S. The van der Waals surface area contributed by atoms with Crippen molar-refractivity contribution >= 4 is 68.7 Å². The molecule has 0 atom stereocenters. The minimum atomic E-state index is -0.465. The molecular weight excluding hydrogens is 1160 g/mol. The molecule has 2 saturated carbocycles. The van der Waals surface area contributed by atoms with E-state index in [1.807, 2.05) is 29.3 Å². The number of hydrogen-bond acceptors (Lipinski definition) is 18. The first-order valence-electron chi connectivity index (χ1n) is 32.7. The topological polar surface area (TPSA) is 205 Å². The number of anilines is 1. The maximum absolute atomic E-state index is 14.1. The van der Waals surface area contributed by atoms with Crippen LogP contribution in [0, 0.1) is 23.7 Å². The summed E-state index contributed by atoms with van der Waals surface area (Å²) < 4.78 is 46.6. The summed E-state index contributed by atoms with van der Waals surface area (Å²) in [5.41, 5.74) is 1.31. The van der Waals surface area contributed by atoms with Crippen LogP contribution in [0.15, 0.2) is 121 Å². The third-order valence-electron chi connectivity index (χ3n) is 16.3. The number of unbranched alkanes of at least 4 members (excludes halogenated alkanes) is 15. The van der Waals surface area contributed by atoms with E-state index in [4.69, 9.17) is 48.0 Å². The number of aromatic nitrogens is 1. The van der Waals surface area contributed by atoms with Gasteiger partial charge in [0.1, 0.15) is 34.5 Å². The van der Waals surface area contributed by atoms with Crippen molar-refractivity contribution in [2.75, 3.05) is 38.0 Å². The normalized spacial score (nSPS) is 16.4. The Kier molecular flexibility index (Phi) is 30.4. The minimum Gasteiger partial charge on any atom is -0.494 e. The van der Waals surface area contributed by atoms with Crippen molar-refractivity contribution in [1.29, 1.82) is 0 Å². The standard InChI is InChI=1S/C72H91N3O14S/c1-4-7-8-9-10-11-12-13-14-21-46-75(72-74-63-26-19-20-27-65(63)90-72)73-52-57-51-62(88-70(80)55-30-28-53(29-31-55)68(78)86-60-40-36-58(37-41-60)82-47-22-15-17-24-49-84-66(76)5-2)44-45-64(57)89-71(81)56-34-32-54(33-35-56)69(79)87-61-42-38-59(39-43-61)83-48-23-16-18-25-50-85-67(77)6-3/h5-6,19-20,26-27,36-45,51-56H,2-4,7-18,21-25,28-35,46-50H2,1H3/b73-52+/t53-,54-,55-,56-. The number of ether oxygens (including phenoxy) is 8. The highest BCUT2D eigenvalue weighted by molar-refractivity contribution is 7.22. The third-order valence-corrected chi connectivity index (χ3v) is 17.3. The Labute approximate surface area is 534 Å². The van der Waals surface area contributed by atoms with Gasteiger partial charge in [-0.3, -0.25) is 19.2 Å². The van der Waals surface area contributed by atoms with Crippen LogP contribution in [-0.2, 0) is 38.2 Å². The van der Waals surface area contributed by atoms with E-state index in [1.165, 1.54) is 44.9 Å². The van der Waals surface area contributed by atoms with Gasteiger partial charge in [0.05, 0.1) is 66.5 Å². The number of thiazole rings is 1. The summed E-state index contributed by atoms with van der Waals surface area (Å²) in [5, 5.41) is 7.64. The van der Waals surface area contributed by atoms with Crippen molar-refractivity contribution in [2.45, 2.75) is 174 Å². The van der Waals surface area contributed by atoms with E-state index in [0.29, 0.717) is 113 Å². The molecule has 0 bridgehead atoms. The lowest BCUT2D eigenvalue weighted by Crippen LogP contribution is -2.30. The molecule has 1 aromatic heterocycles. The third kappa shape index (κ3) is 24.5. The first-order chi connectivity index (χ1) is 44.0. The average molecular weight is 1250 g/mol. The van der Waals surface area contributed by atoms with E-state index >= 15 is 0 Å². The molecule has 2 aliphatic rings. The molecule has 0 radical (unpaired) electrons. The van der Waals surface area contributed by atoms with Gasteiger partial charge in [0, 0.05) is 24.3 Å². The summed E-state index contributed by atoms with van der Waals surface area (Å²) in [6.45, 7) is 11.5. The molecule has 2 fully saturated rings. The molecule has 0 N–H and O–H groups in total. The number of esters is 6. The average Bonchev–Trinajstić information content (AvgIpc) is 1.90. The van der Waals surface area contributed by atoms with Gasteiger partial charge in [0.2, 0.25) is 5.13 Å². The van der Waals surface area contributed by atoms with Gasteiger partial charge in [-0.2, -0.15) is 5.10 Å². The van der Waals surface area contributed by atoms with Crippen LogP contribution in [0.1, 0.15) is 179 Å². The lowest BCUT2D eigenvalue weighted by atomic mass is 9.82. The summed E-state index contributed by atoms with van der Waals surface area (Å²) >= 11 is 1.55. The number of hydrazone groups is 1. The van der Waals surface area contributed by atoms with Gasteiger partial charge in [-0.1, -0.05) is 101 Å². The zero-order valence-corrected chi connectivity index (χ0v) is 53.3. The fraction of sp³-hybridized carbons (Fsp3) is 0.500. The number of rotatable bonds is 40. The van der Waals surface area contributed by atoms with Crippen LogP contribution in [0.3, 0.4) is 0 Å². The fourth-order valence-electron chi connectivity index (χ4n) is 10.9. The zero-order valence-electron chi connectivity index (χ0n) is 52.5. The Bertz CT molecular complexity index is 3040. The van der Waals surface area contributed by atoms with Gasteiger partial charge in [-0.25, -0.2) is 19.6 Å². The monoisotopic (exact) mass is 1250 g/mol. The number of para-hydroxylation sites is 1. The number of hydrogen-bond donors (Lipinski definition) is 0. The van der Waals surface area contributed by atoms with Crippen molar-refractivity contribution < 1.29 is 66.7 Å². The molecule has 18 heteroatoms. The predicted molar refractivity (Wildman–Crippen MR) is 349 cm³/mol. The second-order valence-electron chi connectivity index (χ2n) is 23.2. The molecule has 90 heavy (non-hydrogen) atoms. The number of fused-ring (bicyclic) bond motifs is 1. The van der Waals surface area contributed by atoms with Crippen LogP contribution >= 0.6 is 11.3 Å². The first-order valence-corrected chi connectivity index (χ1v) is 33.5.